The van der Waals surface area contributed by atoms with E-state index in [1.807, 2.05) is 36.4 Å². The molecule has 0 atom stereocenters. The maximum Gasteiger partial charge on any atom is 0.261 e. The summed E-state index contributed by atoms with van der Waals surface area (Å²) in [5.74, 6) is -0.124. The largest absolute Gasteiger partial charge is 0.326 e. The van der Waals surface area contributed by atoms with E-state index in [0.717, 1.165) is 10.8 Å². The molecule has 3 aromatic rings. The van der Waals surface area contributed by atoms with E-state index in [9.17, 15) is 13.2 Å². The van der Waals surface area contributed by atoms with Crippen molar-refractivity contribution in [3.8, 4) is 0 Å². The van der Waals surface area contributed by atoms with Crippen molar-refractivity contribution in [3.05, 3.63) is 66.2 Å². The number of amides is 1. The van der Waals surface area contributed by atoms with Gasteiger partial charge in [-0.3, -0.25) is 9.52 Å². The zero-order valence-corrected chi connectivity index (χ0v) is 13.4. The smallest absolute Gasteiger partial charge is 0.261 e. The predicted molar refractivity (Wildman–Crippen MR) is 93.5 cm³/mol. The van der Waals surface area contributed by atoms with E-state index in [2.05, 4.69) is 10.0 Å². The number of sulfonamides is 1. The summed E-state index contributed by atoms with van der Waals surface area (Å²) in [6.07, 6.45) is 0.201. The molecule has 5 nitrogen and oxygen atoms in total. The van der Waals surface area contributed by atoms with Gasteiger partial charge in [0.25, 0.3) is 10.0 Å². The summed E-state index contributed by atoms with van der Waals surface area (Å²) in [6, 6.07) is 17.7. The molecule has 0 saturated heterocycles. The van der Waals surface area contributed by atoms with E-state index in [0.29, 0.717) is 16.9 Å². The minimum atomic E-state index is -3.73. The SMILES string of the molecule is O=C1Cc2cc(S(=O)(=O)Nc3cccc4ccccc34)ccc2N1. The van der Waals surface area contributed by atoms with Crippen molar-refractivity contribution in [2.75, 3.05) is 10.0 Å². The Labute approximate surface area is 139 Å². The van der Waals surface area contributed by atoms with Gasteiger partial charge >= 0.3 is 0 Å². The quantitative estimate of drug-likeness (QED) is 0.770. The van der Waals surface area contributed by atoms with Gasteiger partial charge in [-0.1, -0.05) is 36.4 Å². The Balaban J connectivity index is 1.73. The molecule has 0 saturated carbocycles. The van der Waals surface area contributed by atoms with Crippen LogP contribution in [-0.2, 0) is 21.2 Å². The highest BCUT2D eigenvalue weighted by molar-refractivity contribution is 7.92. The van der Waals surface area contributed by atoms with Crippen LogP contribution in [0.1, 0.15) is 5.56 Å². The minimum absolute atomic E-state index is 0.124. The average molecular weight is 338 g/mol. The van der Waals surface area contributed by atoms with E-state index in [1.54, 1.807) is 18.2 Å². The zero-order valence-electron chi connectivity index (χ0n) is 12.6. The highest BCUT2D eigenvalue weighted by Gasteiger charge is 2.22. The fourth-order valence-corrected chi connectivity index (χ4v) is 4.02. The topological polar surface area (TPSA) is 75.3 Å². The second-order valence-electron chi connectivity index (χ2n) is 5.68. The molecule has 1 aliphatic rings. The van der Waals surface area contributed by atoms with Crippen LogP contribution in [0.5, 0.6) is 0 Å². The monoisotopic (exact) mass is 338 g/mol. The summed E-state index contributed by atoms with van der Waals surface area (Å²) in [5, 5.41) is 4.49. The first-order valence-corrected chi connectivity index (χ1v) is 8.95. The van der Waals surface area contributed by atoms with E-state index in [4.69, 9.17) is 0 Å². The lowest BCUT2D eigenvalue weighted by Gasteiger charge is -2.11. The van der Waals surface area contributed by atoms with E-state index < -0.39 is 10.0 Å². The van der Waals surface area contributed by atoms with Crippen LogP contribution in [0.25, 0.3) is 10.8 Å². The Kier molecular flexibility index (Phi) is 3.28. The molecule has 24 heavy (non-hydrogen) atoms. The van der Waals surface area contributed by atoms with Gasteiger partial charge < -0.3 is 5.32 Å². The fraction of sp³-hybridized carbons (Fsp3) is 0.0556. The molecule has 120 valence electrons. The number of nitrogens with one attached hydrogen (secondary N) is 2. The number of carbonyl (C=O) groups excluding carboxylic acids is 1. The summed E-state index contributed by atoms with van der Waals surface area (Å²) < 4.78 is 28.1. The van der Waals surface area contributed by atoms with Crippen molar-refractivity contribution in [3.63, 3.8) is 0 Å². The first kappa shape index (κ1) is 14.7. The molecule has 0 bridgehead atoms. The molecular weight excluding hydrogens is 324 g/mol. The molecule has 6 heteroatoms. The van der Waals surface area contributed by atoms with Gasteiger partial charge in [-0.05, 0) is 35.2 Å². The third-order valence-corrected chi connectivity index (χ3v) is 5.41. The van der Waals surface area contributed by atoms with Crippen molar-refractivity contribution < 1.29 is 13.2 Å². The molecule has 2 N–H and O–H groups in total. The summed E-state index contributed by atoms with van der Waals surface area (Å²) in [6.45, 7) is 0. The van der Waals surface area contributed by atoms with Crippen LogP contribution in [0.2, 0.25) is 0 Å². The third kappa shape index (κ3) is 2.51. The summed E-state index contributed by atoms with van der Waals surface area (Å²) >= 11 is 0. The maximum absolute atomic E-state index is 12.7. The summed E-state index contributed by atoms with van der Waals surface area (Å²) in [4.78, 5) is 11.6. The van der Waals surface area contributed by atoms with Gasteiger partial charge in [0, 0.05) is 11.1 Å². The molecule has 0 fully saturated rings. The number of benzene rings is 3. The number of hydrogen-bond acceptors (Lipinski definition) is 3. The second kappa shape index (κ2) is 5.35. The van der Waals surface area contributed by atoms with Crippen LogP contribution in [0.3, 0.4) is 0 Å². The summed E-state index contributed by atoms with van der Waals surface area (Å²) in [7, 11) is -3.73. The van der Waals surface area contributed by atoms with Gasteiger partial charge in [0.2, 0.25) is 5.91 Å². The molecule has 1 aliphatic heterocycles. The molecule has 0 aliphatic carbocycles. The Morgan fingerprint density at radius 3 is 2.62 bits per heavy atom. The number of anilines is 2. The lowest BCUT2D eigenvalue weighted by atomic mass is 10.1. The van der Waals surface area contributed by atoms with Crippen molar-refractivity contribution in [2.45, 2.75) is 11.3 Å². The highest BCUT2D eigenvalue weighted by Crippen LogP contribution is 2.29. The Bertz CT molecular complexity index is 1070. The maximum atomic E-state index is 12.7. The van der Waals surface area contributed by atoms with Crippen LogP contribution in [0.4, 0.5) is 11.4 Å². The first-order chi connectivity index (χ1) is 11.5. The van der Waals surface area contributed by atoms with Gasteiger partial charge in [-0.25, -0.2) is 8.42 Å². The standard InChI is InChI=1S/C18H14N2O3S/c21-18-11-13-10-14(8-9-16(13)19-18)24(22,23)20-17-7-3-5-12-4-1-2-6-15(12)17/h1-10,20H,11H2,(H,19,21). The Morgan fingerprint density at radius 1 is 0.958 bits per heavy atom. The second-order valence-corrected chi connectivity index (χ2v) is 7.36. The van der Waals surface area contributed by atoms with E-state index in [-0.39, 0.29) is 17.2 Å². The highest BCUT2D eigenvalue weighted by atomic mass is 32.2. The molecule has 0 radical (unpaired) electrons. The van der Waals surface area contributed by atoms with Crippen LogP contribution in [0.15, 0.2) is 65.6 Å². The van der Waals surface area contributed by atoms with Crippen molar-refractivity contribution >= 4 is 38.1 Å². The molecule has 0 aromatic heterocycles. The molecular formula is C18H14N2O3S. The lowest BCUT2D eigenvalue weighted by molar-refractivity contribution is -0.115. The number of carbonyl (C=O) groups is 1. The van der Waals surface area contributed by atoms with Crippen LogP contribution in [-0.4, -0.2) is 14.3 Å². The zero-order chi connectivity index (χ0) is 16.7. The summed E-state index contributed by atoms with van der Waals surface area (Å²) in [5.41, 5.74) is 1.90. The van der Waals surface area contributed by atoms with Crippen LogP contribution < -0.4 is 10.0 Å². The van der Waals surface area contributed by atoms with E-state index >= 15 is 0 Å². The molecule has 0 spiro atoms. The van der Waals surface area contributed by atoms with Crippen molar-refractivity contribution in [2.24, 2.45) is 0 Å². The molecule has 1 amide bonds. The van der Waals surface area contributed by atoms with Crippen LogP contribution >= 0.6 is 0 Å². The Hall–Kier alpha value is -2.86. The van der Waals surface area contributed by atoms with Crippen molar-refractivity contribution in [1.82, 2.24) is 0 Å². The third-order valence-electron chi connectivity index (χ3n) is 4.05. The van der Waals surface area contributed by atoms with E-state index in [1.165, 1.54) is 6.07 Å². The van der Waals surface area contributed by atoms with Gasteiger partial charge in [-0.15, -0.1) is 0 Å². The molecule has 1 heterocycles. The van der Waals surface area contributed by atoms with Gasteiger partial charge in [0.15, 0.2) is 0 Å². The Morgan fingerprint density at radius 2 is 1.75 bits per heavy atom. The van der Waals surface area contributed by atoms with Gasteiger partial charge in [-0.2, -0.15) is 0 Å². The van der Waals surface area contributed by atoms with Gasteiger partial charge in [0.1, 0.15) is 0 Å². The normalized spacial score (nSPS) is 13.6. The predicted octanol–water partition coefficient (Wildman–Crippen LogP) is 3.14. The number of hydrogen-bond donors (Lipinski definition) is 2. The number of fused-ring (bicyclic) bond motifs is 2. The number of rotatable bonds is 3. The first-order valence-electron chi connectivity index (χ1n) is 7.46. The van der Waals surface area contributed by atoms with Crippen LogP contribution in [0, 0.1) is 0 Å². The fourth-order valence-electron chi connectivity index (χ4n) is 2.89. The average Bonchev–Trinajstić information content (AvgIpc) is 2.94. The minimum Gasteiger partial charge on any atom is -0.326 e. The van der Waals surface area contributed by atoms with Gasteiger partial charge in [0.05, 0.1) is 17.0 Å². The molecule has 4 rings (SSSR count). The lowest BCUT2D eigenvalue weighted by Crippen LogP contribution is -2.13. The van der Waals surface area contributed by atoms with Crippen molar-refractivity contribution in [1.29, 1.82) is 0 Å². The molecule has 3 aromatic carbocycles. The molecule has 0 unspecified atom stereocenters.